The summed E-state index contributed by atoms with van der Waals surface area (Å²) in [6.07, 6.45) is 0. The average Bonchev–Trinajstić information content (AvgIpc) is 2.87. The summed E-state index contributed by atoms with van der Waals surface area (Å²) in [6.45, 7) is 1.83. The lowest BCUT2D eigenvalue weighted by molar-refractivity contribution is 1.09. The third-order valence-electron chi connectivity index (χ3n) is 3.51. The fraction of sp³-hybridized carbons (Fsp3) is 0.0667. The van der Waals surface area contributed by atoms with Crippen molar-refractivity contribution in [2.24, 2.45) is 0 Å². The van der Waals surface area contributed by atoms with Crippen molar-refractivity contribution in [3.8, 4) is 11.4 Å². The molecule has 0 bridgehead atoms. The van der Waals surface area contributed by atoms with Crippen LogP contribution in [0.15, 0.2) is 33.9 Å². The molecule has 0 saturated heterocycles. The molecule has 4 rings (SSSR count). The summed E-state index contributed by atoms with van der Waals surface area (Å²) in [7, 11) is 0. The maximum atomic E-state index is 11.9. The van der Waals surface area contributed by atoms with Gasteiger partial charge in [0.15, 0.2) is 5.82 Å². The molecule has 0 aliphatic carbocycles. The van der Waals surface area contributed by atoms with Crippen LogP contribution in [0.4, 0.5) is 0 Å². The van der Waals surface area contributed by atoms with Crippen LogP contribution in [0.1, 0.15) is 5.69 Å². The highest BCUT2D eigenvalue weighted by atomic mass is 35.5. The zero-order valence-electron chi connectivity index (χ0n) is 11.8. The number of nitrogens with zero attached hydrogens (tertiary/aromatic N) is 2. The van der Waals surface area contributed by atoms with Crippen molar-refractivity contribution in [1.82, 2.24) is 19.9 Å². The molecule has 1 aromatic carbocycles. The molecule has 4 aromatic rings. The Bertz CT molecular complexity index is 1170. The van der Waals surface area contributed by atoms with Crippen LogP contribution in [-0.2, 0) is 0 Å². The van der Waals surface area contributed by atoms with Crippen LogP contribution >= 0.6 is 22.9 Å². The molecule has 0 spiro atoms. The summed E-state index contributed by atoms with van der Waals surface area (Å²) >= 11 is 7.13. The van der Waals surface area contributed by atoms with E-state index in [1.807, 2.05) is 19.1 Å². The van der Waals surface area contributed by atoms with Gasteiger partial charge in [0.05, 0.1) is 16.6 Å². The number of hydrogen-bond donors (Lipinski definition) is 2. The number of aryl methyl sites for hydroxylation is 1. The van der Waals surface area contributed by atoms with Gasteiger partial charge in [-0.1, -0.05) is 11.6 Å². The van der Waals surface area contributed by atoms with Gasteiger partial charge in [-0.3, -0.25) is 9.78 Å². The highest BCUT2D eigenvalue weighted by molar-refractivity contribution is 7.25. The van der Waals surface area contributed by atoms with E-state index < -0.39 is 11.2 Å². The van der Waals surface area contributed by atoms with Gasteiger partial charge in [0, 0.05) is 10.6 Å². The third kappa shape index (κ3) is 2.25. The molecule has 0 unspecified atom stereocenters. The summed E-state index contributed by atoms with van der Waals surface area (Å²) in [5.74, 6) is 0.553. The van der Waals surface area contributed by atoms with Crippen molar-refractivity contribution < 1.29 is 0 Å². The van der Waals surface area contributed by atoms with E-state index in [-0.39, 0.29) is 0 Å². The molecule has 0 atom stereocenters. The zero-order valence-corrected chi connectivity index (χ0v) is 13.4. The van der Waals surface area contributed by atoms with Crippen LogP contribution in [-0.4, -0.2) is 19.9 Å². The molecule has 0 radical (unpaired) electrons. The molecule has 114 valence electrons. The van der Waals surface area contributed by atoms with Crippen LogP contribution in [0.2, 0.25) is 5.02 Å². The van der Waals surface area contributed by atoms with E-state index in [1.54, 1.807) is 12.1 Å². The first kappa shape index (κ1) is 14.1. The molecule has 2 N–H and O–H groups in total. The van der Waals surface area contributed by atoms with Crippen molar-refractivity contribution in [3.05, 3.63) is 55.8 Å². The number of rotatable bonds is 1. The SMILES string of the molecule is Cc1nc(-c2ccc(Cl)cc2)nc2sc3c(=O)[nH]c(=O)[nH]c3c12. The Kier molecular flexibility index (Phi) is 3.07. The summed E-state index contributed by atoms with van der Waals surface area (Å²) < 4.78 is 0.435. The average molecular weight is 345 g/mol. The van der Waals surface area contributed by atoms with E-state index in [4.69, 9.17) is 11.6 Å². The van der Waals surface area contributed by atoms with Gasteiger partial charge in [-0.05, 0) is 31.2 Å². The van der Waals surface area contributed by atoms with Crippen LogP contribution < -0.4 is 11.2 Å². The molecule has 8 heteroatoms. The number of aromatic amines is 2. The van der Waals surface area contributed by atoms with Gasteiger partial charge in [-0.25, -0.2) is 14.8 Å². The Morgan fingerprint density at radius 2 is 1.83 bits per heavy atom. The van der Waals surface area contributed by atoms with Crippen molar-refractivity contribution >= 4 is 43.4 Å². The number of hydrogen-bond acceptors (Lipinski definition) is 5. The fourth-order valence-electron chi connectivity index (χ4n) is 2.48. The smallest absolute Gasteiger partial charge is 0.305 e. The Balaban J connectivity index is 2.07. The van der Waals surface area contributed by atoms with Crippen LogP contribution in [0.3, 0.4) is 0 Å². The Hall–Kier alpha value is -2.51. The number of nitrogens with one attached hydrogen (secondary N) is 2. The minimum atomic E-state index is -0.539. The third-order valence-corrected chi connectivity index (χ3v) is 4.84. The normalized spacial score (nSPS) is 11.4. The summed E-state index contributed by atoms with van der Waals surface area (Å²) in [4.78, 5) is 38.0. The van der Waals surface area contributed by atoms with E-state index in [9.17, 15) is 9.59 Å². The summed E-state index contributed by atoms with van der Waals surface area (Å²) in [5, 5.41) is 1.34. The lowest BCUT2D eigenvalue weighted by Gasteiger charge is -2.03. The van der Waals surface area contributed by atoms with E-state index in [0.717, 1.165) is 5.56 Å². The fourth-order valence-corrected chi connectivity index (χ4v) is 3.68. The van der Waals surface area contributed by atoms with Crippen LogP contribution in [0, 0.1) is 6.92 Å². The molecule has 0 saturated carbocycles. The first-order valence-electron chi connectivity index (χ1n) is 6.72. The molecule has 0 amide bonds. The maximum absolute atomic E-state index is 11.9. The molecule has 6 nitrogen and oxygen atoms in total. The first-order chi connectivity index (χ1) is 11.0. The van der Waals surface area contributed by atoms with E-state index >= 15 is 0 Å². The van der Waals surface area contributed by atoms with Crippen molar-refractivity contribution in [2.45, 2.75) is 6.92 Å². The van der Waals surface area contributed by atoms with Gasteiger partial charge < -0.3 is 4.98 Å². The van der Waals surface area contributed by atoms with Gasteiger partial charge in [-0.2, -0.15) is 0 Å². The number of thiophene rings is 1. The Labute approximate surface area is 137 Å². The second kappa shape index (κ2) is 5.00. The number of aromatic nitrogens is 4. The van der Waals surface area contributed by atoms with Gasteiger partial charge in [0.1, 0.15) is 9.53 Å². The number of fused-ring (bicyclic) bond motifs is 3. The lowest BCUT2D eigenvalue weighted by atomic mass is 10.2. The first-order valence-corrected chi connectivity index (χ1v) is 7.92. The molecule has 3 heterocycles. The van der Waals surface area contributed by atoms with Crippen molar-refractivity contribution in [3.63, 3.8) is 0 Å². The minimum absolute atomic E-state index is 0.417. The Morgan fingerprint density at radius 1 is 1.09 bits per heavy atom. The Morgan fingerprint density at radius 3 is 2.57 bits per heavy atom. The van der Waals surface area contributed by atoms with Crippen LogP contribution in [0.25, 0.3) is 31.8 Å². The zero-order chi connectivity index (χ0) is 16.1. The van der Waals surface area contributed by atoms with Crippen molar-refractivity contribution in [1.29, 1.82) is 0 Å². The minimum Gasteiger partial charge on any atom is -0.305 e. The predicted molar refractivity (Wildman–Crippen MR) is 91.3 cm³/mol. The topological polar surface area (TPSA) is 91.5 Å². The van der Waals surface area contributed by atoms with E-state index in [0.29, 0.717) is 37.0 Å². The van der Waals surface area contributed by atoms with E-state index in [2.05, 4.69) is 19.9 Å². The highest BCUT2D eigenvalue weighted by Crippen LogP contribution is 2.32. The summed E-state index contributed by atoms with van der Waals surface area (Å²) in [6, 6.07) is 7.22. The van der Waals surface area contributed by atoms with Crippen molar-refractivity contribution in [2.75, 3.05) is 0 Å². The van der Waals surface area contributed by atoms with Crippen LogP contribution in [0.5, 0.6) is 0 Å². The molecule has 0 aliphatic rings. The molecular weight excluding hydrogens is 336 g/mol. The van der Waals surface area contributed by atoms with Gasteiger partial charge >= 0.3 is 5.69 Å². The van der Waals surface area contributed by atoms with Gasteiger partial charge in [0.25, 0.3) is 5.56 Å². The predicted octanol–water partition coefficient (Wildman–Crippen LogP) is 2.85. The number of benzene rings is 1. The van der Waals surface area contributed by atoms with E-state index in [1.165, 1.54) is 11.3 Å². The lowest BCUT2D eigenvalue weighted by Crippen LogP contribution is -2.20. The number of halogens is 1. The second-order valence-electron chi connectivity index (χ2n) is 5.03. The quantitative estimate of drug-likeness (QED) is 0.555. The summed E-state index contributed by atoms with van der Waals surface area (Å²) in [5.41, 5.74) is 1.06. The highest BCUT2D eigenvalue weighted by Gasteiger charge is 2.15. The largest absolute Gasteiger partial charge is 0.326 e. The molecule has 23 heavy (non-hydrogen) atoms. The number of H-pyrrole nitrogens is 2. The second-order valence-corrected chi connectivity index (χ2v) is 6.47. The monoisotopic (exact) mass is 344 g/mol. The molecule has 0 fully saturated rings. The maximum Gasteiger partial charge on any atom is 0.326 e. The van der Waals surface area contributed by atoms with Gasteiger partial charge in [-0.15, -0.1) is 11.3 Å². The molecular formula is C15H9ClN4O2S. The standard InChI is InChI=1S/C15H9ClN4O2S/c1-6-9-10-11(13(21)20-15(22)18-10)23-14(9)19-12(17-6)7-2-4-8(16)5-3-7/h2-5H,1H3,(H2,18,20,21,22). The van der Waals surface area contributed by atoms with Gasteiger partial charge in [0.2, 0.25) is 0 Å². The molecule has 0 aliphatic heterocycles. The molecule has 3 aromatic heterocycles.